The summed E-state index contributed by atoms with van der Waals surface area (Å²) in [7, 11) is 0. The van der Waals surface area contributed by atoms with Gasteiger partial charge in [0.15, 0.2) is 0 Å². The molecule has 1 amide bonds. The van der Waals surface area contributed by atoms with Crippen molar-refractivity contribution in [3.05, 3.63) is 33.8 Å². The van der Waals surface area contributed by atoms with E-state index in [4.69, 9.17) is 23.2 Å². The highest BCUT2D eigenvalue weighted by Crippen LogP contribution is 2.57. The lowest BCUT2D eigenvalue weighted by Crippen LogP contribution is -2.30. The zero-order chi connectivity index (χ0) is 14.3. The van der Waals surface area contributed by atoms with Crippen LogP contribution < -0.4 is 5.32 Å². The van der Waals surface area contributed by atoms with Crippen LogP contribution >= 0.6 is 23.2 Å². The van der Waals surface area contributed by atoms with E-state index in [0.717, 1.165) is 0 Å². The second-order valence-corrected chi connectivity index (χ2v) is 6.55. The molecule has 2 aliphatic carbocycles. The molecule has 20 heavy (non-hydrogen) atoms. The molecule has 0 aliphatic heterocycles. The second-order valence-electron chi connectivity index (χ2n) is 5.71. The Kier molecular flexibility index (Phi) is 3.93. The third-order valence-corrected chi connectivity index (χ3v) is 5.06. The summed E-state index contributed by atoms with van der Waals surface area (Å²) >= 11 is 11.9. The Morgan fingerprint density at radius 1 is 1.35 bits per heavy atom. The van der Waals surface area contributed by atoms with Crippen molar-refractivity contribution in [1.29, 1.82) is 0 Å². The van der Waals surface area contributed by atoms with Gasteiger partial charge in [-0.3, -0.25) is 4.79 Å². The molecule has 2 aliphatic rings. The number of hydrogen-bond donors (Lipinski definition) is 2. The lowest BCUT2D eigenvalue weighted by atomic mass is 10.1. The number of fused-ring (bicyclic) bond motifs is 1. The molecule has 2 N–H and O–H groups in total. The number of hydrogen-bond acceptors (Lipinski definition) is 2. The average molecular weight is 314 g/mol. The second kappa shape index (κ2) is 5.55. The number of rotatable bonds is 4. The molecule has 0 spiro atoms. The summed E-state index contributed by atoms with van der Waals surface area (Å²) in [5.41, 5.74) is 0.590. The minimum atomic E-state index is -0.803. The molecule has 0 heterocycles. The third-order valence-electron chi connectivity index (χ3n) is 4.50. The predicted molar refractivity (Wildman–Crippen MR) is 78.8 cm³/mol. The van der Waals surface area contributed by atoms with Crippen molar-refractivity contribution in [1.82, 2.24) is 5.32 Å². The molecule has 108 valence electrons. The number of carbonyl (C=O) groups is 1. The van der Waals surface area contributed by atoms with E-state index in [1.807, 2.05) is 0 Å². The number of carbonyl (C=O) groups excluding carboxylic acids is 1. The van der Waals surface area contributed by atoms with Gasteiger partial charge >= 0.3 is 0 Å². The quantitative estimate of drug-likeness (QED) is 0.897. The molecular formula is C15H17Cl2NO2. The lowest BCUT2D eigenvalue weighted by molar-refractivity contribution is -0.123. The van der Waals surface area contributed by atoms with E-state index < -0.39 is 6.10 Å². The Morgan fingerprint density at radius 3 is 2.70 bits per heavy atom. The van der Waals surface area contributed by atoms with Gasteiger partial charge in [0.2, 0.25) is 5.91 Å². The summed E-state index contributed by atoms with van der Waals surface area (Å²) in [6.07, 6.45) is 2.80. The smallest absolute Gasteiger partial charge is 0.223 e. The van der Waals surface area contributed by atoms with Crippen LogP contribution in [0, 0.1) is 17.8 Å². The van der Waals surface area contributed by atoms with Crippen LogP contribution in [0.2, 0.25) is 10.0 Å². The SMILES string of the molecule is O=C(NC[C@H](O)c1ccc(Cl)cc1Cl)C1[C@@H]2CCC[C@@H]12. The summed E-state index contributed by atoms with van der Waals surface area (Å²) in [5, 5.41) is 13.9. The van der Waals surface area contributed by atoms with Gasteiger partial charge in [0, 0.05) is 28.1 Å². The van der Waals surface area contributed by atoms with Crippen LogP contribution in [-0.2, 0) is 4.79 Å². The molecule has 0 radical (unpaired) electrons. The molecule has 0 saturated heterocycles. The van der Waals surface area contributed by atoms with Gasteiger partial charge in [-0.1, -0.05) is 35.7 Å². The van der Waals surface area contributed by atoms with Crippen LogP contribution in [0.25, 0.3) is 0 Å². The standard InChI is InChI=1S/C15H17Cl2NO2/c16-8-4-5-11(12(17)6-8)13(19)7-18-15(20)14-9-2-1-3-10(9)14/h4-6,9-10,13-14,19H,1-3,7H2,(H,18,20)/t9-,10-,13+/m1/s1. The summed E-state index contributed by atoms with van der Waals surface area (Å²) in [6, 6.07) is 4.96. The maximum absolute atomic E-state index is 12.0. The van der Waals surface area contributed by atoms with Crippen molar-refractivity contribution >= 4 is 29.1 Å². The molecule has 1 aromatic rings. The number of nitrogens with one attached hydrogen (secondary N) is 1. The van der Waals surface area contributed by atoms with Gasteiger partial charge in [0.05, 0.1) is 6.10 Å². The molecular weight excluding hydrogens is 297 g/mol. The van der Waals surface area contributed by atoms with Crippen LogP contribution in [0.5, 0.6) is 0 Å². The molecule has 3 atom stereocenters. The van der Waals surface area contributed by atoms with Gasteiger partial charge in [-0.15, -0.1) is 0 Å². The number of halogens is 2. The number of aliphatic hydroxyl groups is 1. The number of amides is 1. The first-order chi connectivity index (χ1) is 9.58. The van der Waals surface area contributed by atoms with Crippen molar-refractivity contribution in [2.45, 2.75) is 25.4 Å². The Hall–Kier alpha value is -0.770. The Labute approximate surface area is 128 Å². The Morgan fingerprint density at radius 2 is 2.05 bits per heavy atom. The van der Waals surface area contributed by atoms with E-state index >= 15 is 0 Å². The van der Waals surface area contributed by atoms with Gasteiger partial charge in [-0.25, -0.2) is 0 Å². The summed E-state index contributed by atoms with van der Waals surface area (Å²) in [4.78, 5) is 12.0. The van der Waals surface area contributed by atoms with Crippen molar-refractivity contribution < 1.29 is 9.90 Å². The average Bonchev–Trinajstić information content (AvgIpc) is 2.89. The first-order valence-corrected chi connectivity index (χ1v) is 7.74. The van der Waals surface area contributed by atoms with Crippen molar-refractivity contribution in [2.75, 3.05) is 6.54 Å². The molecule has 3 rings (SSSR count). The lowest BCUT2D eigenvalue weighted by Gasteiger charge is -2.14. The van der Waals surface area contributed by atoms with Crippen molar-refractivity contribution in [3.8, 4) is 0 Å². The van der Waals surface area contributed by atoms with Gasteiger partial charge < -0.3 is 10.4 Å². The van der Waals surface area contributed by atoms with E-state index in [1.54, 1.807) is 18.2 Å². The fraction of sp³-hybridized carbons (Fsp3) is 0.533. The van der Waals surface area contributed by atoms with Crippen LogP contribution in [-0.4, -0.2) is 17.6 Å². The topological polar surface area (TPSA) is 49.3 Å². The fourth-order valence-electron chi connectivity index (χ4n) is 3.41. The van der Waals surface area contributed by atoms with E-state index in [2.05, 4.69) is 5.32 Å². The highest BCUT2D eigenvalue weighted by Gasteiger charge is 2.56. The zero-order valence-corrected chi connectivity index (χ0v) is 12.5. The first kappa shape index (κ1) is 14.2. The minimum absolute atomic E-state index is 0.0730. The highest BCUT2D eigenvalue weighted by atomic mass is 35.5. The minimum Gasteiger partial charge on any atom is -0.387 e. The van der Waals surface area contributed by atoms with Gasteiger partial charge in [0.25, 0.3) is 0 Å². The van der Waals surface area contributed by atoms with Gasteiger partial charge in [0.1, 0.15) is 0 Å². The predicted octanol–water partition coefficient (Wildman–Crippen LogP) is 3.19. The van der Waals surface area contributed by atoms with Crippen LogP contribution in [0.3, 0.4) is 0 Å². The van der Waals surface area contributed by atoms with E-state index in [-0.39, 0.29) is 18.4 Å². The van der Waals surface area contributed by atoms with Gasteiger partial charge in [-0.2, -0.15) is 0 Å². The number of aliphatic hydroxyl groups excluding tert-OH is 1. The van der Waals surface area contributed by atoms with E-state index in [1.165, 1.54) is 19.3 Å². The Balaban J connectivity index is 1.54. The largest absolute Gasteiger partial charge is 0.387 e. The van der Waals surface area contributed by atoms with Crippen molar-refractivity contribution in [3.63, 3.8) is 0 Å². The molecule has 1 aromatic carbocycles. The van der Waals surface area contributed by atoms with Crippen LogP contribution in [0.4, 0.5) is 0 Å². The summed E-state index contributed by atoms with van der Waals surface area (Å²) in [6.45, 7) is 0.191. The Bertz CT molecular complexity index is 525. The summed E-state index contributed by atoms with van der Waals surface area (Å²) < 4.78 is 0. The third kappa shape index (κ3) is 2.67. The normalized spacial score (nSPS) is 28.9. The number of benzene rings is 1. The molecule has 2 fully saturated rings. The first-order valence-electron chi connectivity index (χ1n) is 6.98. The van der Waals surface area contributed by atoms with Crippen molar-refractivity contribution in [2.24, 2.45) is 17.8 Å². The summed E-state index contributed by atoms with van der Waals surface area (Å²) in [5.74, 6) is 1.43. The zero-order valence-electron chi connectivity index (χ0n) is 11.0. The molecule has 3 nitrogen and oxygen atoms in total. The maximum atomic E-state index is 12.0. The van der Waals surface area contributed by atoms with E-state index in [9.17, 15) is 9.90 Å². The van der Waals surface area contributed by atoms with E-state index in [0.29, 0.717) is 27.4 Å². The molecule has 0 aromatic heterocycles. The molecule has 5 heteroatoms. The highest BCUT2D eigenvalue weighted by molar-refractivity contribution is 6.35. The molecule has 0 bridgehead atoms. The van der Waals surface area contributed by atoms with Crippen LogP contribution in [0.15, 0.2) is 18.2 Å². The monoisotopic (exact) mass is 313 g/mol. The molecule has 0 unspecified atom stereocenters. The van der Waals surface area contributed by atoms with Crippen LogP contribution in [0.1, 0.15) is 30.9 Å². The van der Waals surface area contributed by atoms with Gasteiger partial charge in [-0.05, 0) is 36.8 Å². The molecule has 2 saturated carbocycles. The maximum Gasteiger partial charge on any atom is 0.223 e. The fourth-order valence-corrected chi connectivity index (χ4v) is 3.94.